The van der Waals surface area contributed by atoms with Crippen molar-refractivity contribution < 1.29 is 14.5 Å². The number of ether oxygens (including phenoxy) is 1. The summed E-state index contributed by atoms with van der Waals surface area (Å²) in [4.78, 5) is 21.8. The Kier molecular flexibility index (Phi) is 4.18. The first-order chi connectivity index (χ1) is 10.0. The molecule has 0 bridgehead atoms. The SMILES string of the molecule is COC(=O)c1cccc(Nc2ccc([N+](=O)[O-])cc2)c1C. The zero-order valence-corrected chi connectivity index (χ0v) is 11.6. The number of nitrogens with one attached hydrogen (secondary N) is 1. The predicted molar refractivity (Wildman–Crippen MR) is 78.9 cm³/mol. The first-order valence-corrected chi connectivity index (χ1v) is 6.22. The largest absolute Gasteiger partial charge is 0.465 e. The van der Waals surface area contributed by atoms with Crippen LogP contribution < -0.4 is 5.32 Å². The Morgan fingerprint density at radius 2 is 1.86 bits per heavy atom. The molecule has 2 rings (SSSR count). The van der Waals surface area contributed by atoms with Crippen molar-refractivity contribution in [2.45, 2.75) is 6.92 Å². The summed E-state index contributed by atoms with van der Waals surface area (Å²) in [6.45, 7) is 1.81. The van der Waals surface area contributed by atoms with Crippen molar-refractivity contribution in [1.29, 1.82) is 0 Å². The highest BCUT2D eigenvalue weighted by Gasteiger charge is 2.12. The molecule has 0 atom stereocenters. The number of esters is 1. The first kappa shape index (κ1) is 14.5. The summed E-state index contributed by atoms with van der Waals surface area (Å²) in [5, 5.41) is 13.7. The van der Waals surface area contributed by atoms with Crippen LogP contribution in [0.1, 0.15) is 15.9 Å². The van der Waals surface area contributed by atoms with E-state index in [1.54, 1.807) is 31.2 Å². The Hall–Kier alpha value is -2.89. The number of rotatable bonds is 4. The van der Waals surface area contributed by atoms with Gasteiger partial charge in [0.15, 0.2) is 0 Å². The number of nitro benzene ring substituents is 1. The van der Waals surface area contributed by atoms with Crippen molar-refractivity contribution in [3.05, 3.63) is 63.7 Å². The van der Waals surface area contributed by atoms with Gasteiger partial charge in [0, 0.05) is 23.5 Å². The van der Waals surface area contributed by atoms with Crippen LogP contribution in [0.5, 0.6) is 0 Å². The van der Waals surface area contributed by atoms with Crippen LogP contribution in [-0.4, -0.2) is 18.0 Å². The number of nitro groups is 1. The standard InChI is InChI=1S/C15H14N2O4/c1-10-13(15(18)21-2)4-3-5-14(10)16-11-6-8-12(9-7-11)17(19)20/h3-9,16H,1-2H3. The molecule has 6 nitrogen and oxygen atoms in total. The fourth-order valence-electron chi connectivity index (χ4n) is 1.92. The summed E-state index contributed by atoms with van der Waals surface area (Å²) >= 11 is 0. The lowest BCUT2D eigenvalue weighted by Gasteiger charge is -2.12. The lowest BCUT2D eigenvalue weighted by atomic mass is 10.1. The molecular formula is C15H14N2O4. The van der Waals surface area contributed by atoms with Gasteiger partial charge in [0.1, 0.15) is 0 Å². The molecule has 0 aromatic heterocycles. The number of carbonyl (C=O) groups is 1. The van der Waals surface area contributed by atoms with Crippen molar-refractivity contribution in [2.24, 2.45) is 0 Å². The van der Waals surface area contributed by atoms with Crippen molar-refractivity contribution in [1.82, 2.24) is 0 Å². The minimum absolute atomic E-state index is 0.0283. The summed E-state index contributed by atoms with van der Waals surface area (Å²) in [6.07, 6.45) is 0. The highest BCUT2D eigenvalue weighted by atomic mass is 16.6. The molecule has 0 radical (unpaired) electrons. The third kappa shape index (κ3) is 3.17. The van der Waals surface area contributed by atoms with Crippen LogP contribution in [0.3, 0.4) is 0 Å². The number of carbonyl (C=O) groups excluding carboxylic acids is 1. The number of nitrogens with zero attached hydrogens (tertiary/aromatic N) is 1. The Labute approximate surface area is 121 Å². The Bertz CT molecular complexity index is 681. The van der Waals surface area contributed by atoms with E-state index >= 15 is 0 Å². The zero-order valence-electron chi connectivity index (χ0n) is 11.6. The molecule has 0 spiro atoms. The predicted octanol–water partition coefficient (Wildman–Crippen LogP) is 3.43. The normalized spacial score (nSPS) is 10.0. The minimum atomic E-state index is -0.451. The maximum absolute atomic E-state index is 11.6. The van der Waals surface area contributed by atoms with Gasteiger partial charge in [-0.15, -0.1) is 0 Å². The Balaban J connectivity index is 2.27. The molecule has 0 fully saturated rings. The van der Waals surface area contributed by atoms with Crippen molar-refractivity contribution in [3.63, 3.8) is 0 Å². The average molecular weight is 286 g/mol. The van der Waals surface area contributed by atoms with E-state index in [1.807, 2.05) is 6.07 Å². The third-order valence-corrected chi connectivity index (χ3v) is 3.10. The minimum Gasteiger partial charge on any atom is -0.465 e. The Morgan fingerprint density at radius 3 is 2.43 bits per heavy atom. The quantitative estimate of drug-likeness (QED) is 0.529. The van der Waals surface area contributed by atoms with E-state index in [1.165, 1.54) is 19.2 Å². The molecule has 108 valence electrons. The number of benzene rings is 2. The molecule has 0 unspecified atom stereocenters. The molecule has 0 aliphatic carbocycles. The van der Waals surface area contributed by atoms with Gasteiger partial charge in [0.2, 0.25) is 0 Å². The van der Waals surface area contributed by atoms with Crippen LogP contribution in [0.4, 0.5) is 17.1 Å². The maximum atomic E-state index is 11.6. The monoisotopic (exact) mass is 286 g/mol. The van der Waals surface area contributed by atoms with E-state index in [4.69, 9.17) is 4.74 Å². The van der Waals surface area contributed by atoms with E-state index in [2.05, 4.69) is 5.32 Å². The second-order valence-electron chi connectivity index (χ2n) is 4.40. The number of anilines is 2. The van der Waals surface area contributed by atoms with Crippen LogP contribution in [0, 0.1) is 17.0 Å². The van der Waals surface area contributed by atoms with Crippen LogP contribution >= 0.6 is 0 Å². The second kappa shape index (κ2) is 6.04. The average Bonchev–Trinajstić information content (AvgIpc) is 2.49. The van der Waals surface area contributed by atoms with Crippen molar-refractivity contribution in [3.8, 4) is 0 Å². The second-order valence-corrected chi connectivity index (χ2v) is 4.40. The van der Waals surface area contributed by atoms with E-state index in [9.17, 15) is 14.9 Å². The lowest BCUT2D eigenvalue weighted by Crippen LogP contribution is -2.05. The summed E-state index contributed by atoms with van der Waals surface area (Å²) in [6, 6.07) is 11.3. The zero-order chi connectivity index (χ0) is 15.4. The number of hydrogen-bond donors (Lipinski definition) is 1. The molecular weight excluding hydrogens is 272 g/mol. The summed E-state index contributed by atoms with van der Waals surface area (Å²) in [7, 11) is 1.33. The van der Waals surface area contributed by atoms with E-state index in [0.717, 1.165) is 11.3 Å². The third-order valence-electron chi connectivity index (χ3n) is 3.10. The van der Waals surface area contributed by atoms with Gasteiger partial charge in [-0.05, 0) is 36.8 Å². The van der Waals surface area contributed by atoms with Gasteiger partial charge in [-0.2, -0.15) is 0 Å². The lowest BCUT2D eigenvalue weighted by molar-refractivity contribution is -0.384. The summed E-state index contributed by atoms with van der Waals surface area (Å²) in [5.74, 6) is -0.403. The van der Waals surface area contributed by atoms with Gasteiger partial charge >= 0.3 is 5.97 Å². The molecule has 1 N–H and O–H groups in total. The van der Waals surface area contributed by atoms with E-state index in [-0.39, 0.29) is 5.69 Å². The van der Waals surface area contributed by atoms with Gasteiger partial charge < -0.3 is 10.1 Å². The fourth-order valence-corrected chi connectivity index (χ4v) is 1.92. The van der Waals surface area contributed by atoms with Crippen LogP contribution in [0.2, 0.25) is 0 Å². The highest BCUT2D eigenvalue weighted by Crippen LogP contribution is 2.25. The van der Waals surface area contributed by atoms with Crippen molar-refractivity contribution >= 4 is 23.0 Å². The molecule has 0 heterocycles. The van der Waals surface area contributed by atoms with Gasteiger partial charge in [-0.3, -0.25) is 10.1 Å². The first-order valence-electron chi connectivity index (χ1n) is 6.22. The van der Waals surface area contributed by atoms with Gasteiger partial charge in [-0.25, -0.2) is 4.79 Å². The fraction of sp³-hybridized carbons (Fsp3) is 0.133. The molecule has 0 saturated carbocycles. The summed E-state index contributed by atoms with van der Waals surface area (Å²) in [5.41, 5.74) is 2.70. The van der Waals surface area contributed by atoms with Gasteiger partial charge in [0.25, 0.3) is 5.69 Å². The summed E-state index contributed by atoms with van der Waals surface area (Å²) < 4.78 is 4.72. The molecule has 2 aromatic rings. The Morgan fingerprint density at radius 1 is 1.19 bits per heavy atom. The molecule has 0 amide bonds. The number of non-ortho nitro benzene ring substituents is 1. The van der Waals surface area contributed by atoms with Gasteiger partial charge in [-0.1, -0.05) is 6.07 Å². The van der Waals surface area contributed by atoms with E-state index in [0.29, 0.717) is 11.3 Å². The van der Waals surface area contributed by atoms with E-state index < -0.39 is 10.9 Å². The van der Waals surface area contributed by atoms with Crippen LogP contribution in [0.15, 0.2) is 42.5 Å². The molecule has 0 aliphatic heterocycles. The van der Waals surface area contributed by atoms with Crippen LogP contribution in [-0.2, 0) is 4.74 Å². The molecule has 0 saturated heterocycles. The van der Waals surface area contributed by atoms with Gasteiger partial charge in [0.05, 0.1) is 17.6 Å². The molecule has 6 heteroatoms. The molecule has 2 aromatic carbocycles. The van der Waals surface area contributed by atoms with Crippen LogP contribution in [0.25, 0.3) is 0 Å². The van der Waals surface area contributed by atoms with Crippen molar-refractivity contribution in [2.75, 3.05) is 12.4 Å². The molecule has 21 heavy (non-hydrogen) atoms. The highest BCUT2D eigenvalue weighted by molar-refractivity contribution is 5.93. The molecule has 0 aliphatic rings. The smallest absolute Gasteiger partial charge is 0.338 e. The topological polar surface area (TPSA) is 81.5 Å². The number of methoxy groups -OCH3 is 1. The number of hydrogen-bond acceptors (Lipinski definition) is 5. The maximum Gasteiger partial charge on any atom is 0.338 e.